The molecule has 0 N–H and O–H groups in total. The molecule has 0 saturated carbocycles. The number of carbonyl (C=O) groups is 1. The van der Waals surface area contributed by atoms with E-state index in [9.17, 15) is 4.79 Å². The van der Waals surface area contributed by atoms with Gasteiger partial charge in [0.15, 0.2) is 5.78 Å². The number of nitrogens with zero attached hydrogens (tertiary/aromatic N) is 1. The average molecular weight is 248 g/mol. The molecule has 0 aliphatic rings. The summed E-state index contributed by atoms with van der Waals surface area (Å²) in [7, 11) is 1.52. The highest BCUT2D eigenvalue weighted by Gasteiger charge is 2.11. The Morgan fingerprint density at radius 3 is 2.53 bits per heavy atom. The van der Waals surface area contributed by atoms with Crippen LogP contribution in [0.1, 0.15) is 15.9 Å². The molecule has 0 bridgehead atoms. The molecule has 0 amide bonds. The zero-order valence-corrected chi connectivity index (χ0v) is 9.94. The zero-order chi connectivity index (χ0) is 12.3. The monoisotopic (exact) mass is 247 g/mol. The number of rotatable bonds is 3. The minimum absolute atomic E-state index is 0.0811. The number of pyridine rings is 1. The molecule has 1 aromatic carbocycles. The van der Waals surface area contributed by atoms with Crippen LogP contribution < -0.4 is 4.74 Å². The Hall–Kier alpha value is -1.87. The lowest BCUT2D eigenvalue weighted by Crippen LogP contribution is -2.01. The molecule has 2 rings (SSSR count). The second-order valence-electron chi connectivity index (χ2n) is 3.41. The second kappa shape index (κ2) is 4.97. The summed E-state index contributed by atoms with van der Waals surface area (Å²) in [5.74, 6) is 0.411. The largest absolute Gasteiger partial charge is 0.495 e. The normalized spacial score (nSPS) is 10.0. The standard InChI is InChI=1S/C13H10ClNO2/c1-17-12-8-10(2-3-11(12)14)13(16)9-4-6-15-7-5-9/h2-8H,1H3. The van der Waals surface area contributed by atoms with Gasteiger partial charge in [-0.1, -0.05) is 11.6 Å². The van der Waals surface area contributed by atoms with Crippen LogP contribution in [0.15, 0.2) is 42.7 Å². The van der Waals surface area contributed by atoms with Crippen LogP contribution in [-0.4, -0.2) is 17.9 Å². The quantitative estimate of drug-likeness (QED) is 0.783. The van der Waals surface area contributed by atoms with Gasteiger partial charge in [-0.3, -0.25) is 9.78 Å². The maximum atomic E-state index is 12.1. The minimum atomic E-state index is -0.0811. The van der Waals surface area contributed by atoms with Gasteiger partial charge in [0.2, 0.25) is 0 Å². The first-order valence-electron chi connectivity index (χ1n) is 5.00. The molecule has 0 spiro atoms. The summed E-state index contributed by atoms with van der Waals surface area (Å²) in [5, 5.41) is 0.485. The van der Waals surface area contributed by atoms with Crippen molar-refractivity contribution in [2.75, 3.05) is 7.11 Å². The Bertz CT molecular complexity index is 540. The molecule has 17 heavy (non-hydrogen) atoms. The summed E-state index contributed by atoms with van der Waals surface area (Å²) >= 11 is 5.90. The number of halogens is 1. The van der Waals surface area contributed by atoms with Crippen molar-refractivity contribution in [3.05, 3.63) is 58.9 Å². The van der Waals surface area contributed by atoms with Crippen molar-refractivity contribution in [2.24, 2.45) is 0 Å². The Kier molecular flexibility index (Phi) is 3.40. The van der Waals surface area contributed by atoms with Crippen LogP contribution in [0.25, 0.3) is 0 Å². The fourth-order valence-corrected chi connectivity index (χ4v) is 1.67. The minimum Gasteiger partial charge on any atom is -0.495 e. The maximum Gasteiger partial charge on any atom is 0.193 e. The van der Waals surface area contributed by atoms with E-state index < -0.39 is 0 Å². The van der Waals surface area contributed by atoms with Gasteiger partial charge in [-0.05, 0) is 30.3 Å². The number of ketones is 1. The molecule has 0 aliphatic heterocycles. The Balaban J connectivity index is 2.38. The summed E-state index contributed by atoms with van der Waals surface area (Å²) < 4.78 is 5.08. The van der Waals surface area contributed by atoms with Gasteiger partial charge in [-0.25, -0.2) is 0 Å². The lowest BCUT2D eigenvalue weighted by atomic mass is 10.0. The lowest BCUT2D eigenvalue weighted by Gasteiger charge is -2.05. The first-order chi connectivity index (χ1) is 8.22. The molecular weight excluding hydrogens is 238 g/mol. The van der Waals surface area contributed by atoms with Gasteiger partial charge in [0.25, 0.3) is 0 Å². The molecular formula is C13H10ClNO2. The van der Waals surface area contributed by atoms with Crippen molar-refractivity contribution < 1.29 is 9.53 Å². The summed E-state index contributed by atoms with van der Waals surface area (Å²) in [4.78, 5) is 16.0. The van der Waals surface area contributed by atoms with Crippen LogP contribution in [-0.2, 0) is 0 Å². The van der Waals surface area contributed by atoms with E-state index in [1.54, 1.807) is 42.7 Å². The van der Waals surface area contributed by atoms with Gasteiger partial charge in [-0.15, -0.1) is 0 Å². The van der Waals surface area contributed by atoms with Gasteiger partial charge in [0, 0.05) is 23.5 Å². The smallest absolute Gasteiger partial charge is 0.193 e. The van der Waals surface area contributed by atoms with Gasteiger partial charge >= 0.3 is 0 Å². The fraction of sp³-hybridized carbons (Fsp3) is 0.0769. The van der Waals surface area contributed by atoms with Gasteiger partial charge in [0.05, 0.1) is 12.1 Å². The number of carbonyl (C=O) groups excluding carboxylic acids is 1. The van der Waals surface area contributed by atoms with Crippen LogP contribution in [0.5, 0.6) is 5.75 Å². The Labute approximate surface area is 104 Å². The SMILES string of the molecule is COc1cc(C(=O)c2ccncc2)ccc1Cl. The van der Waals surface area contributed by atoms with E-state index >= 15 is 0 Å². The fourth-order valence-electron chi connectivity index (χ4n) is 1.47. The van der Waals surface area contributed by atoms with Crippen molar-refractivity contribution in [2.45, 2.75) is 0 Å². The van der Waals surface area contributed by atoms with Gasteiger partial charge in [0.1, 0.15) is 5.75 Å². The Morgan fingerprint density at radius 1 is 1.18 bits per heavy atom. The van der Waals surface area contributed by atoms with Crippen molar-refractivity contribution in [1.82, 2.24) is 4.98 Å². The zero-order valence-electron chi connectivity index (χ0n) is 9.18. The number of benzene rings is 1. The van der Waals surface area contributed by atoms with Crippen molar-refractivity contribution >= 4 is 17.4 Å². The van der Waals surface area contributed by atoms with Crippen LogP contribution in [0.2, 0.25) is 5.02 Å². The molecule has 0 unspecified atom stereocenters. The van der Waals surface area contributed by atoms with Crippen molar-refractivity contribution in [3.8, 4) is 5.75 Å². The van der Waals surface area contributed by atoms with Gasteiger partial charge < -0.3 is 4.74 Å². The molecule has 0 aliphatic carbocycles. The molecule has 0 atom stereocenters. The molecule has 86 valence electrons. The average Bonchev–Trinajstić information content (AvgIpc) is 2.39. The Morgan fingerprint density at radius 2 is 1.88 bits per heavy atom. The highest BCUT2D eigenvalue weighted by atomic mass is 35.5. The summed E-state index contributed by atoms with van der Waals surface area (Å²) in [6.07, 6.45) is 3.17. The third-order valence-corrected chi connectivity index (χ3v) is 2.67. The third kappa shape index (κ3) is 2.45. The van der Waals surface area contributed by atoms with E-state index in [1.807, 2.05) is 0 Å². The topological polar surface area (TPSA) is 39.2 Å². The van der Waals surface area contributed by atoms with Crippen LogP contribution >= 0.6 is 11.6 Å². The summed E-state index contributed by atoms with van der Waals surface area (Å²) in [5.41, 5.74) is 1.13. The molecule has 0 fully saturated rings. The van der Waals surface area contributed by atoms with E-state index in [1.165, 1.54) is 7.11 Å². The second-order valence-corrected chi connectivity index (χ2v) is 3.82. The number of aromatic nitrogens is 1. The molecule has 4 heteroatoms. The molecule has 3 nitrogen and oxygen atoms in total. The highest BCUT2D eigenvalue weighted by Crippen LogP contribution is 2.26. The van der Waals surface area contributed by atoms with E-state index in [4.69, 9.17) is 16.3 Å². The maximum absolute atomic E-state index is 12.1. The van der Waals surface area contributed by atoms with Crippen molar-refractivity contribution in [1.29, 1.82) is 0 Å². The first kappa shape index (κ1) is 11.6. The molecule has 1 aromatic heterocycles. The predicted octanol–water partition coefficient (Wildman–Crippen LogP) is 2.97. The molecule has 0 saturated heterocycles. The third-order valence-electron chi connectivity index (χ3n) is 2.36. The number of hydrogen-bond acceptors (Lipinski definition) is 3. The number of hydrogen-bond donors (Lipinski definition) is 0. The summed E-state index contributed by atoms with van der Waals surface area (Å²) in [6.45, 7) is 0. The van der Waals surface area contributed by atoms with Gasteiger partial charge in [-0.2, -0.15) is 0 Å². The predicted molar refractivity (Wildman–Crippen MR) is 65.7 cm³/mol. The van der Waals surface area contributed by atoms with E-state index in [-0.39, 0.29) is 5.78 Å². The lowest BCUT2D eigenvalue weighted by molar-refractivity contribution is 0.103. The molecule has 2 aromatic rings. The first-order valence-corrected chi connectivity index (χ1v) is 5.38. The van der Waals surface area contributed by atoms with E-state index in [0.29, 0.717) is 21.9 Å². The highest BCUT2D eigenvalue weighted by molar-refractivity contribution is 6.32. The van der Waals surface area contributed by atoms with Crippen molar-refractivity contribution in [3.63, 3.8) is 0 Å². The van der Waals surface area contributed by atoms with Crippen LogP contribution in [0.3, 0.4) is 0 Å². The number of ether oxygens (including phenoxy) is 1. The molecule has 1 heterocycles. The van der Waals surface area contributed by atoms with Crippen LogP contribution in [0.4, 0.5) is 0 Å². The van der Waals surface area contributed by atoms with E-state index in [2.05, 4.69) is 4.98 Å². The summed E-state index contributed by atoms with van der Waals surface area (Å²) in [6, 6.07) is 8.29. The van der Waals surface area contributed by atoms with E-state index in [0.717, 1.165) is 0 Å². The molecule has 0 radical (unpaired) electrons. The number of methoxy groups -OCH3 is 1. The van der Waals surface area contributed by atoms with Crippen LogP contribution in [0, 0.1) is 0 Å².